The molecule has 0 atom stereocenters. The zero-order valence-corrected chi connectivity index (χ0v) is 7.74. The quantitative estimate of drug-likeness (QED) is 0.715. The lowest BCUT2D eigenvalue weighted by atomic mass is 9.86. The van der Waals surface area contributed by atoms with E-state index in [4.69, 9.17) is 0 Å². The Morgan fingerprint density at radius 3 is 2.20 bits per heavy atom. The Morgan fingerprint density at radius 1 is 1.13 bits per heavy atom. The largest absolute Gasteiger partial charge is 0.416 e. The van der Waals surface area contributed by atoms with Crippen LogP contribution in [-0.4, -0.2) is 13.1 Å². The molecule has 0 spiro atoms. The molecule has 1 heterocycles. The molecule has 15 heavy (non-hydrogen) atoms. The smallest absolute Gasteiger partial charge is 0.310 e. The van der Waals surface area contributed by atoms with Crippen LogP contribution in [0.25, 0.3) is 0 Å². The van der Waals surface area contributed by atoms with Crippen LogP contribution in [0.4, 0.5) is 17.6 Å². The third-order valence-electron chi connectivity index (χ3n) is 2.53. The molecule has 0 aromatic heterocycles. The van der Waals surface area contributed by atoms with E-state index in [1.807, 2.05) is 0 Å². The highest BCUT2D eigenvalue weighted by molar-refractivity contribution is 5.36. The summed E-state index contributed by atoms with van der Waals surface area (Å²) in [5, 5.41) is 2.64. The minimum atomic E-state index is -4.49. The fourth-order valence-corrected chi connectivity index (χ4v) is 1.66. The van der Waals surface area contributed by atoms with Crippen LogP contribution < -0.4 is 5.32 Å². The molecule has 82 valence electrons. The summed E-state index contributed by atoms with van der Waals surface area (Å²) in [5.74, 6) is 0. The van der Waals surface area contributed by atoms with Gasteiger partial charge in [-0.3, -0.25) is 0 Å². The summed E-state index contributed by atoms with van der Waals surface area (Å²) in [4.78, 5) is 0. The number of hydrogen-bond acceptors (Lipinski definition) is 1. The van der Waals surface area contributed by atoms with Crippen molar-refractivity contribution in [1.29, 1.82) is 0 Å². The standard InChI is InChI=1S/C10H9F4N/c11-9(5-15-6-9)7-3-1-2-4-8(7)10(12,13)14/h1-4,15H,5-6H2. The summed E-state index contributed by atoms with van der Waals surface area (Å²) in [6, 6.07) is 4.80. The zero-order valence-electron chi connectivity index (χ0n) is 7.74. The average molecular weight is 219 g/mol. The Hall–Kier alpha value is -1.10. The van der Waals surface area contributed by atoms with Gasteiger partial charge in [0.15, 0.2) is 5.67 Å². The number of alkyl halides is 4. The molecule has 0 radical (unpaired) electrons. The second kappa shape index (κ2) is 3.20. The van der Waals surface area contributed by atoms with Crippen LogP contribution in [0, 0.1) is 0 Å². The van der Waals surface area contributed by atoms with E-state index in [1.54, 1.807) is 0 Å². The zero-order chi connectivity index (χ0) is 11.1. The predicted molar refractivity (Wildman–Crippen MR) is 47.1 cm³/mol. The summed E-state index contributed by atoms with van der Waals surface area (Å²) in [6.07, 6.45) is -4.49. The lowest BCUT2D eigenvalue weighted by Crippen LogP contribution is -2.54. The van der Waals surface area contributed by atoms with Gasteiger partial charge >= 0.3 is 6.18 Å². The highest BCUT2D eigenvalue weighted by atomic mass is 19.4. The third-order valence-corrected chi connectivity index (χ3v) is 2.53. The Kier molecular flexibility index (Phi) is 2.22. The molecule has 1 aromatic carbocycles. The Bertz CT molecular complexity index is 368. The van der Waals surface area contributed by atoms with Crippen molar-refractivity contribution in [3.05, 3.63) is 35.4 Å². The molecule has 1 saturated heterocycles. The Morgan fingerprint density at radius 2 is 1.73 bits per heavy atom. The minimum absolute atomic E-state index is 0.0555. The molecule has 2 rings (SSSR count). The van der Waals surface area contributed by atoms with Crippen molar-refractivity contribution < 1.29 is 17.6 Å². The molecule has 5 heteroatoms. The first-order valence-electron chi connectivity index (χ1n) is 4.50. The molecule has 0 unspecified atom stereocenters. The molecular formula is C10H9F4N. The monoisotopic (exact) mass is 219 g/mol. The third kappa shape index (κ3) is 1.71. The first-order chi connectivity index (χ1) is 6.93. The summed E-state index contributed by atoms with van der Waals surface area (Å²) >= 11 is 0. The maximum atomic E-state index is 13.9. The van der Waals surface area contributed by atoms with Crippen molar-refractivity contribution in [3.63, 3.8) is 0 Å². The van der Waals surface area contributed by atoms with E-state index in [-0.39, 0.29) is 18.7 Å². The molecule has 0 amide bonds. The van der Waals surface area contributed by atoms with Gasteiger partial charge in [0.25, 0.3) is 0 Å². The van der Waals surface area contributed by atoms with Crippen LogP contribution in [0.3, 0.4) is 0 Å². The minimum Gasteiger partial charge on any atom is -0.310 e. The molecule has 1 aliphatic heterocycles. The van der Waals surface area contributed by atoms with Crippen LogP contribution in [0.5, 0.6) is 0 Å². The van der Waals surface area contributed by atoms with Gasteiger partial charge in [0.2, 0.25) is 0 Å². The lowest BCUT2D eigenvalue weighted by molar-refractivity contribution is -0.140. The fraction of sp³-hybridized carbons (Fsp3) is 0.400. The number of rotatable bonds is 1. The summed E-state index contributed by atoms with van der Waals surface area (Å²) < 4.78 is 51.5. The van der Waals surface area contributed by atoms with Crippen LogP contribution >= 0.6 is 0 Å². The average Bonchev–Trinajstić information content (AvgIpc) is 2.13. The van der Waals surface area contributed by atoms with Gasteiger partial charge in [0, 0.05) is 18.7 Å². The van der Waals surface area contributed by atoms with Gasteiger partial charge in [-0.15, -0.1) is 0 Å². The number of halogens is 4. The molecule has 0 bridgehead atoms. The fourth-order valence-electron chi connectivity index (χ4n) is 1.66. The maximum Gasteiger partial charge on any atom is 0.416 e. The first-order valence-corrected chi connectivity index (χ1v) is 4.50. The topological polar surface area (TPSA) is 12.0 Å². The van der Waals surface area contributed by atoms with Gasteiger partial charge in [0.1, 0.15) is 0 Å². The molecular weight excluding hydrogens is 210 g/mol. The SMILES string of the molecule is FC(F)(F)c1ccccc1C1(F)CNC1. The van der Waals surface area contributed by atoms with Gasteiger partial charge in [-0.05, 0) is 6.07 Å². The van der Waals surface area contributed by atoms with Gasteiger partial charge in [-0.1, -0.05) is 18.2 Å². The number of hydrogen-bond donors (Lipinski definition) is 1. The summed E-state index contributed by atoms with van der Waals surface area (Å²) in [7, 11) is 0. The van der Waals surface area contributed by atoms with Gasteiger partial charge < -0.3 is 5.32 Å². The number of benzene rings is 1. The van der Waals surface area contributed by atoms with Crippen molar-refractivity contribution in [3.8, 4) is 0 Å². The van der Waals surface area contributed by atoms with Gasteiger partial charge in [0.05, 0.1) is 5.56 Å². The Labute approximate surface area is 84.1 Å². The van der Waals surface area contributed by atoms with Crippen LogP contribution in [-0.2, 0) is 11.8 Å². The van der Waals surface area contributed by atoms with Crippen LogP contribution in [0.15, 0.2) is 24.3 Å². The maximum absolute atomic E-state index is 13.9. The van der Waals surface area contributed by atoms with E-state index in [0.29, 0.717) is 0 Å². The molecule has 1 N–H and O–H groups in total. The van der Waals surface area contributed by atoms with E-state index in [1.165, 1.54) is 18.2 Å². The second-order valence-electron chi connectivity index (χ2n) is 3.61. The summed E-state index contributed by atoms with van der Waals surface area (Å²) in [6.45, 7) is -0.111. The number of nitrogens with one attached hydrogen (secondary N) is 1. The van der Waals surface area contributed by atoms with E-state index >= 15 is 0 Å². The van der Waals surface area contributed by atoms with Crippen molar-refractivity contribution in [2.75, 3.05) is 13.1 Å². The van der Waals surface area contributed by atoms with Crippen LogP contribution in [0.2, 0.25) is 0 Å². The molecule has 1 aromatic rings. The van der Waals surface area contributed by atoms with Gasteiger partial charge in [-0.2, -0.15) is 13.2 Å². The van der Waals surface area contributed by atoms with E-state index in [0.717, 1.165) is 6.07 Å². The summed E-state index contributed by atoms with van der Waals surface area (Å²) in [5.41, 5.74) is -3.02. The van der Waals surface area contributed by atoms with Crippen molar-refractivity contribution in [2.24, 2.45) is 0 Å². The normalized spacial score (nSPS) is 19.7. The molecule has 1 aliphatic rings. The second-order valence-corrected chi connectivity index (χ2v) is 3.61. The predicted octanol–water partition coefficient (Wildman–Crippen LogP) is 2.47. The van der Waals surface area contributed by atoms with Gasteiger partial charge in [-0.25, -0.2) is 4.39 Å². The van der Waals surface area contributed by atoms with E-state index in [9.17, 15) is 17.6 Å². The van der Waals surface area contributed by atoms with E-state index < -0.39 is 17.4 Å². The van der Waals surface area contributed by atoms with E-state index in [2.05, 4.69) is 5.32 Å². The Balaban J connectivity index is 2.47. The highest BCUT2D eigenvalue weighted by Gasteiger charge is 2.45. The highest BCUT2D eigenvalue weighted by Crippen LogP contribution is 2.39. The van der Waals surface area contributed by atoms with Crippen molar-refractivity contribution in [2.45, 2.75) is 11.8 Å². The van der Waals surface area contributed by atoms with Crippen molar-refractivity contribution >= 4 is 0 Å². The molecule has 0 saturated carbocycles. The first kappa shape index (κ1) is 10.4. The molecule has 1 fully saturated rings. The molecule has 0 aliphatic carbocycles. The molecule has 1 nitrogen and oxygen atoms in total. The lowest BCUT2D eigenvalue weighted by Gasteiger charge is -2.36. The van der Waals surface area contributed by atoms with Crippen molar-refractivity contribution in [1.82, 2.24) is 5.32 Å². The van der Waals surface area contributed by atoms with Crippen LogP contribution in [0.1, 0.15) is 11.1 Å².